The van der Waals surface area contributed by atoms with E-state index in [0.717, 1.165) is 12.0 Å². The van der Waals surface area contributed by atoms with Gasteiger partial charge < -0.3 is 10.5 Å². The lowest BCUT2D eigenvalue weighted by Gasteiger charge is -2.23. The predicted octanol–water partition coefficient (Wildman–Crippen LogP) is 1.79. The van der Waals surface area contributed by atoms with Crippen molar-refractivity contribution in [3.63, 3.8) is 0 Å². The molecule has 2 N–H and O–H groups in total. The summed E-state index contributed by atoms with van der Waals surface area (Å²) in [5.74, 6) is -0.229. The third kappa shape index (κ3) is 1.65. The zero-order chi connectivity index (χ0) is 10.2. The Kier molecular flexibility index (Phi) is 2.29. The maximum absolute atomic E-state index is 13.0. The van der Waals surface area contributed by atoms with Gasteiger partial charge in [-0.3, -0.25) is 0 Å². The van der Waals surface area contributed by atoms with Gasteiger partial charge in [-0.15, -0.1) is 0 Å². The summed E-state index contributed by atoms with van der Waals surface area (Å²) in [5.41, 5.74) is 6.22. The molecular weight excluding hydrogens is 181 g/mol. The summed E-state index contributed by atoms with van der Waals surface area (Å²) in [4.78, 5) is 0. The molecule has 1 aliphatic rings. The van der Waals surface area contributed by atoms with Crippen molar-refractivity contribution in [1.29, 1.82) is 0 Å². The van der Waals surface area contributed by atoms with E-state index < -0.39 is 5.60 Å². The Morgan fingerprint density at radius 2 is 2.36 bits per heavy atom. The highest BCUT2D eigenvalue weighted by Crippen LogP contribution is 2.35. The molecule has 1 saturated heterocycles. The largest absolute Gasteiger partial charge is 0.369 e. The molecule has 1 fully saturated rings. The Morgan fingerprint density at radius 3 is 2.93 bits per heavy atom. The van der Waals surface area contributed by atoms with Crippen LogP contribution in [-0.4, -0.2) is 12.6 Å². The second kappa shape index (κ2) is 3.33. The molecule has 0 amide bonds. The minimum atomic E-state index is -0.415. The summed E-state index contributed by atoms with van der Waals surface area (Å²) in [7, 11) is 0. The molecule has 1 aliphatic heterocycles. The van der Waals surface area contributed by atoms with E-state index in [-0.39, 0.29) is 11.9 Å². The highest BCUT2D eigenvalue weighted by molar-refractivity contribution is 5.24. The second-order valence-corrected chi connectivity index (χ2v) is 4.02. The number of benzene rings is 1. The van der Waals surface area contributed by atoms with Gasteiger partial charge in [0, 0.05) is 6.04 Å². The highest BCUT2D eigenvalue weighted by Gasteiger charge is 2.36. The molecule has 1 aromatic rings. The summed E-state index contributed by atoms with van der Waals surface area (Å²) in [6.45, 7) is 2.50. The highest BCUT2D eigenvalue weighted by atomic mass is 19.1. The SMILES string of the molecule is CC1(c2cccc(F)c2)CC(N)CO1. The van der Waals surface area contributed by atoms with E-state index in [2.05, 4.69) is 0 Å². The summed E-state index contributed by atoms with van der Waals surface area (Å²) in [6, 6.07) is 6.58. The van der Waals surface area contributed by atoms with Gasteiger partial charge in [-0.25, -0.2) is 4.39 Å². The third-order valence-corrected chi connectivity index (χ3v) is 2.70. The van der Waals surface area contributed by atoms with Crippen LogP contribution in [0.4, 0.5) is 4.39 Å². The molecule has 1 heterocycles. The zero-order valence-electron chi connectivity index (χ0n) is 8.16. The summed E-state index contributed by atoms with van der Waals surface area (Å²) in [6.07, 6.45) is 0.746. The van der Waals surface area contributed by atoms with Gasteiger partial charge >= 0.3 is 0 Å². The smallest absolute Gasteiger partial charge is 0.123 e. The lowest BCUT2D eigenvalue weighted by atomic mass is 9.92. The molecule has 2 nitrogen and oxygen atoms in total. The van der Waals surface area contributed by atoms with Gasteiger partial charge in [-0.2, -0.15) is 0 Å². The first-order chi connectivity index (χ1) is 6.60. The van der Waals surface area contributed by atoms with Crippen LogP contribution in [0.5, 0.6) is 0 Å². The molecule has 2 rings (SSSR count). The van der Waals surface area contributed by atoms with Crippen molar-refractivity contribution in [1.82, 2.24) is 0 Å². The monoisotopic (exact) mass is 195 g/mol. The van der Waals surface area contributed by atoms with Gasteiger partial charge in [0.2, 0.25) is 0 Å². The van der Waals surface area contributed by atoms with E-state index in [1.54, 1.807) is 6.07 Å². The van der Waals surface area contributed by atoms with Gasteiger partial charge in [-0.1, -0.05) is 12.1 Å². The van der Waals surface area contributed by atoms with Crippen LogP contribution in [0.3, 0.4) is 0 Å². The van der Waals surface area contributed by atoms with Crippen molar-refractivity contribution >= 4 is 0 Å². The number of hydrogen-bond acceptors (Lipinski definition) is 2. The minimum absolute atomic E-state index is 0.0586. The Hall–Kier alpha value is -0.930. The number of ether oxygens (including phenoxy) is 1. The number of halogens is 1. The van der Waals surface area contributed by atoms with Crippen molar-refractivity contribution in [3.05, 3.63) is 35.6 Å². The Balaban J connectivity index is 2.30. The molecule has 1 aromatic carbocycles. The summed E-state index contributed by atoms with van der Waals surface area (Å²) in [5, 5.41) is 0. The van der Waals surface area contributed by atoms with Crippen LogP contribution in [0.2, 0.25) is 0 Å². The Labute approximate surface area is 82.9 Å². The molecule has 0 bridgehead atoms. The molecule has 14 heavy (non-hydrogen) atoms. The number of nitrogens with two attached hydrogens (primary N) is 1. The first-order valence-electron chi connectivity index (χ1n) is 4.76. The standard InChI is InChI=1S/C11H14FNO/c1-11(6-10(13)7-14-11)8-3-2-4-9(12)5-8/h2-5,10H,6-7,13H2,1H3. The van der Waals surface area contributed by atoms with Gasteiger partial charge in [-0.05, 0) is 31.0 Å². The summed E-state index contributed by atoms with van der Waals surface area (Å²) >= 11 is 0. The van der Waals surface area contributed by atoms with Crippen LogP contribution in [0, 0.1) is 5.82 Å². The predicted molar refractivity (Wildman–Crippen MR) is 52.3 cm³/mol. The van der Waals surface area contributed by atoms with Gasteiger partial charge in [0.05, 0.1) is 12.2 Å². The zero-order valence-corrected chi connectivity index (χ0v) is 8.16. The average Bonchev–Trinajstić information content (AvgIpc) is 2.48. The van der Waals surface area contributed by atoms with Gasteiger partial charge in [0.15, 0.2) is 0 Å². The lowest BCUT2D eigenvalue weighted by Crippen LogP contribution is -2.23. The van der Waals surface area contributed by atoms with Crippen molar-refractivity contribution in [3.8, 4) is 0 Å². The van der Waals surface area contributed by atoms with Crippen LogP contribution in [-0.2, 0) is 10.3 Å². The lowest BCUT2D eigenvalue weighted by molar-refractivity contribution is 0.0162. The van der Waals surface area contributed by atoms with E-state index in [9.17, 15) is 4.39 Å². The van der Waals surface area contributed by atoms with Crippen molar-refractivity contribution in [2.75, 3.05) is 6.61 Å². The van der Waals surface area contributed by atoms with E-state index in [1.807, 2.05) is 13.0 Å². The van der Waals surface area contributed by atoms with Crippen LogP contribution >= 0.6 is 0 Å². The minimum Gasteiger partial charge on any atom is -0.369 e. The molecule has 2 unspecified atom stereocenters. The van der Waals surface area contributed by atoms with E-state index >= 15 is 0 Å². The molecule has 0 aromatic heterocycles. The first kappa shape index (κ1) is 9.62. The molecule has 0 spiro atoms. The van der Waals surface area contributed by atoms with Crippen molar-refractivity contribution in [2.45, 2.75) is 25.0 Å². The maximum atomic E-state index is 13.0. The fraction of sp³-hybridized carbons (Fsp3) is 0.455. The fourth-order valence-electron chi connectivity index (χ4n) is 1.93. The molecule has 3 heteroatoms. The molecule has 2 atom stereocenters. The summed E-state index contributed by atoms with van der Waals surface area (Å²) < 4.78 is 18.6. The normalized spacial score (nSPS) is 32.1. The van der Waals surface area contributed by atoms with Crippen LogP contribution in [0.15, 0.2) is 24.3 Å². The van der Waals surface area contributed by atoms with Crippen LogP contribution < -0.4 is 5.73 Å². The second-order valence-electron chi connectivity index (χ2n) is 4.02. The van der Waals surface area contributed by atoms with Crippen molar-refractivity contribution in [2.24, 2.45) is 5.73 Å². The van der Waals surface area contributed by atoms with E-state index in [0.29, 0.717) is 6.61 Å². The maximum Gasteiger partial charge on any atom is 0.123 e. The topological polar surface area (TPSA) is 35.2 Å². The fourth-order valence-corrected chi connectivity index (χ4v) is 1.93. The van der Waals surface area contributed by atoms with E-state index in [1.165, 1.54) is 12.1 Å². The molecule has 76 valence electrons. The van der Waals surface area contributed by atoms with E-state index in [4.69, 9.17) is 10.5 Å². The molecule has 0 saturated carbocycles. The Morgan fingerprint density at radius 1 is 1.57 bits per heavy atom. The Bertz CT molecular complexity index is 342. The molecule has 0 aliphatic carbocycles. The first-order valence-corrected chi connectivity index (χ1v) is 4.76. The van der Waals surface area contributed by atoms with Crippen LogP contribution in [0.25, 0.3) is 0 Å². The van der Waals surface area contributed by atoms with Gasteiger partial charge in [0.1, 0.15) is 5.82 Å². The number of rotatable bonds is 1. The van der Waals surface area contributed by atoms with Crippen LogP contribution in [0.1, 0.15) is 18.9 Å². The van der Waals surface area contributed by atoms with Crippen molar-refractivity contribution < 1.29 is 9.13 Å². The third-order valence-electron chi connectivity index (χ3n) is 2.70. The molecule has 0 radical (unpaired) electrons. The average molecular weight is 195 g/mol. The molecular formula is C11H14FNO. The van der Waals surface area contributed by atoms with Gasteiger partial charge in [0.25, 0.3) is 0 Å². The quantitative estimate of drug-likeness (QED) is 0.741. The number of hydrogen-bond donors (Lipinski definition) is 1.